The normalized spacial score (nSPS) is 15.5. The third kappa shape index (κ3) is 4.10. The standard InChI is InChI=1S/C17H22N4O2S/c1-12-19-14(11-24-12)9-16(23)20-15-3-2-6-18-17(15)21-7-4-13(10-22)5-8-21/h2-3,6,11,13,22H,4-5,7-10H2,1H3,(H,20,23). The average molecular weight is 346 g/mol. The molecule has 6 nitrogen and oxygen atoms in total. The molecule has 3 heterocycles. The van der Waals surface area contributed by atoms with Crippen LogP contribution in [0.2, 0.25) is 0 Å². The molecule has 0 unspecified atom stereocenters. The molecule has 2 N–H and O–H groups in total. The van der Waals surface area contributed by atoms with Crippen LogP contribution >= 0.6 is 11.3 Å². The number of aliphatic hydroxyl groups excluding tert-OH is 1. The minimum absolute atomic E-state index is 0.0835. The van der Waals surface area contributed by atoms with Crippen molar-refractivity contribution in [3.63, 3.8) is 0 Å². The highest BCUT2D eigenvalue weighted by Gasteiger charge is 2.22. The van der Waals surface area contributed by atoms with Gasteiger partial charge in [-0.1, -0.05) is 0 Å². The number of piperidine rings is 1. The lowest BCUT2D eigenvalue weighted by atomic mass is 9.98. The maximum Gasteiger partial charge on any atom is 0.230 e. The molecule has 2 aromatic heterocycles. The van der Waals surface area contributed by atoms with Crippen LogP contribution < -0.4 is 10.2 Å². The van der Waals surface area contributed by atoms with Crippen LogP contribution in [0.25, 0.3) is 0 Å². The topological polar surface area (TPSA) is 78.4 Å². The minimum atomic E-state index is -0.0835. The molecule has 1 aliphatic rings. The number of nitrogens with zero attached hydrogens (tertiary/aromatic N) is 3. The van der Waals surface area contributed by atoms with Gasteiger partial charge in [-0.2, -0.15) is 0 Å². The van der Waals surface area contributed by atoms with E-state index in [9.17, 15) is 9.90 Å². The molecule has 0 aromatic carbocycles. The van der Waals surface area contributed by atoms with Crippen LogP contribution in [-0.4, -0.2) is 40.7 Å². The Kier molecular flexibility index (Phi) is 5.42. The zero-order chi connectivity index (χ0) is 16.9. The fourth-order valence-electron chi connectivity index (χ4n) is 2.92. The van der Waals surface area contributed by atoms with Crippen molar-refractivity contribution in [1.29, 1.82) is 0 Å². The number of anilines is 2. The molecule has 0 aliphatic carbocycles. The Morgan fingerprint density at radius 1 is 1.46 bits per heavy atom. The summed E-state index contributed by atoms with van der Waals surface area (Å²) in [5.41, 5.74) is 1.53. The van der Waals surface area contributed by atoms with Crippen molar-refractivity contribution < 1.29 is 9.90 Å². The number of nitrogens with one attached hydrogen (secondary N) is 1. The highest BCUT2D eigenvalue weighted by Crippen LogP contribution is 2.27. The first kappa shape index (κ1) is 16.9. The number of aryl methyl sites for hydroxylation is 1. The molecule has 3 rings (SSSR count). The number of rotatable bonds is 5. The van der Waals surface area contributed by atoms with E-state index in [4.69, 9.17) is 0 Å². The monoisotopic (exact) mass is 346 g/mol. The largest absolute Gasteiger partial charge is 0.396 e. The van der Waals surface area contributed by atoms with Crippen LogP contribution in [0.5, 0.6) is 0 Å². The summed E-state index contributed by atoms with van der Waals surface area (Å²) in [6.07, 6.45) is 3.90. The van der Waals surface area contributed by atoms with Crippen molar-refractivity contribution in [3.05, 3.63) is 34.4 Å². The van der Waals surface area contributed by atoms with E-state index < -0.39 is 0 Å². The lowest BCUT2D eigenvalue weighted by molar-refractivity contribution is -0.115. The molecular weight excluding hydrogens is 324 g/mol. The predicted molar refractivity (Wildman–Crippen MR) is 95.4 cm³/mol. The Hall–Kier alpha value is -1.99. The van der Waals surface area contributed by atoms with Gasteiger partial charge in [-0.15, -0.1) is 11.3 Å². The quantitative estimate of drug-likeness (QED) is 0.868. The molecule has 0 spiro atoms. The lowest BCUT2D eigenvalue weighted by Gasteiger charge is -2.33. The van der Waals surface area contributed by atoms with Gasteiger partial charge in [0.05, 0.1) is 22.8 Å². The third-order valence-electron chi connectivity index (χ3n) is 4.24. The average Bonchev–Trinajstić information content (AvgIpc) is 3.00. The Morgan fingerprint density at radius 2 is 2.25 bits per heavy atom. The van der Waals surface area contributed by atoms with E-state index in [0.29, 0.717) is 5.92 Å². The number of aliphatic hydroxyl groups is 1. The van der Waals surface area contributed by atoms with Crippen molar-refractivity contribution in [1.82, 2.24) is 9.97 Å². The summed E-state index contributed by atoms with van der Waals surface area (Å²) in [4.78, 5) is 23.3. The fraction of sp³-hybridized carbons (Fsp3) is 0.471. The third-order valence-corrected chi connectivity index (χ3v) is 5.06. The molecule has 0 bridgehead atoms. The molecule has 7 heteroatoms. The molecular formula is C17H22N4O2S. The first-order chi connectivity index (χ1) is 11.7. The van der Waals surface area contributed by atoms with Gasteiger partial charge in [0.2, 0.25) is 5.91 Å². The van der Waals surface area contributed by atoms with E-state index in [1.807, 2.05) is 24.4 Å². The van der Waals surface area contributed by atoms with Crippen molar-refractivity contribution in [2.75, 3.05) is 29.9 Å². The first-order valence-corrected chi connectivity index (χ1v) is 9.05. The Morgan fingerprint density at radius 3 is 2.92 bits per heavy atom. The van der Waals surface area contributed by atoms with Gasteiger partial charge in [-0.25, -0.2) is 9.97 Å². The zero-order valence-electron chi connectivity index (χ0n) is 13.7. The minimum Gasteiger partial charge on any atom is -0.396 e. The lowest BCUT2D eigenvalue weighted by Crippen LogP contribution is -2.36. The second-order valence-electron chi connectivity index (χ2n) is 6.07. The van der Waals surface area contributed by atoms with Crippen LogP contribution in [-0.2, 0) is 11.2 Å². The Labute approximate surface area is 145 Å². The van der Waals surface area contributed by atoms with E-state index in [0.717, 1.165) is 48.1 Å². The number of amides is 1. The molecule has 24 heavy (non-hydrogen) atoms. The SMILES string of the molecule is Cc1nc(CC(=O)Nc2cccnc2N2CCC(CO)CC2)cs1. The number of thiazole rings is 1. The van der Waals surface area contributed by atoms with Crippen LogP contribution in [0.15, 0.2) is 23.7 Å². The van der Waals surface area contributed by atoms with Gasteiger partial charge in [0.1, 0.15) is 0 Å². The number of hydrogen-bond donors (Lipinski definition) is 2. The fourth-order valence-corrected chi connectivity index (χ4v) is 3.53. The van der Waals surface area contributed by atoms with E-state index >= 15 is 0 Å². The highest BCUT2D eigenvalue weighted by molar-refractivity contribution is 7.09. The van der Waals surface area contributed by atoms with Gasteiger partial charge in [-0.05, 0) is 37.8 Å². The van der Waals surface area contributed by atoms with Gasteiger partial charge in [0.15, 0.2) is 5.82 Å². The summed E-state index contributed by atoms with van der Waals surface area (Å²) in [6.45, 7) is 3.86. The van der Waals surface area contributed by atoms with Crippen molar-refractivity contribution >= 4 is 28.7 Å². The molecule has 128 valence electrons. The zero-order valence-corrected chi connectivity index (χ0v) is 14.6. The maximum absolute atomic E-state index is 12.3. The first-order valence-electron chi connectivity index (χ1n) is 8.17. The summed E-state index contributed by atoms with van der Waals surface area (Å²) in [5.74, 6) is 1.09. The second kappa shape index (κ2) is 7.72. The summed E-state index contributed by atoms with van der Waals surface area (Å²) in [7, 11) is 0. The van der Waals surface area contributed by atoms with Crippen molar-refractivity contribution in [2.45, 2.75) is 26.2 Å². The molecule has 0 radical (unpaired) electrons. The van der Waals surface area contributed by atoms with Gasteiger partial charge >= 0.3 is 0 Å². The molecule has 1 fully saturated rings. The smallest absolute Gasteiger partial charge is 0.230 e. The van der Waals surface area contributed by atoms with E-state index in [-0.39, 0.29) is 18.9 Å². The van der Waals surface area contributed by atoms with Crippen molar-refractivity contribution in [3.8, 4) is 0 Å². The summed E-state index contributed by atoms with van der Waals surface area (Å²) in [5, 5.41) is 15.1. The van der Waals surface area contributed by atoms with E-state index in [1.54, 1.807) is 17.5 Å². The number of carbonyl (C=O) groups excluding carboxylic acids is 1. The van der Waals surface area contributed by atoms with E-state index in [1.165, 1.54) is 0 Å². The number of carbonyl (C=O) groups is 1. The van der Waals surface area contributed by atoms with Gasteiger partial charge < -0.3 is 15.3 Å². The van der Waals surface area contributed by atoms with Crippen molar-refractivity contribution in [2.24, 2.45) is 5.92 Å². The summed E-state index contributed by atoms with van der Waals surface area (Å²) in [6, 6.07) is 3.71. The molecule has 2 aromatic rings. The van der Waals surface area contributed by atoms with Crippen LogP contribution in [0.3, 0.4) is 0 Å². The number of hydrogen-bond acceptors (Lipinski definition) is 6. The van der Waals surface area contributed by atoms with Crippen LogP contribution in [0.1, 0.15) is 23.5 Å². The van der Waals surface area contributed by atoms with Crippen LogP contribution in [0.4, 0.5) is 11.5 Å². The van der Waals surface area contributed by atoms with Gasteiger partial charge in [0.25, 0.3) is 0 Å². The Bertz CT molecular complexity index is 695. The van der Waals surface area contributed by atoms with Crippen LogP contribution in [0, 0.1) is 12.8 Å². The molecule has 0 saturated carbocycles. The number of pyridine rings is 1. The Balaban J connectivity index is 1.66. The van der Waals surface area contributed by atoms with Gasteiger partial charge in [-0.3, -0.25) is 4.79 Å². The maximum atomic E-state index is 12.3. The summed E-state index contributed by atoms with van der Waals surface area (Å²) >= 11 is 1.55. The summed E-state index contributed by atoms with van der Waals surface area (Å²) < 4.78 is 0. The molecule has 1 saturated heterocycles. The predicted octanol–water partition coefficient (Wildman–Crippen LogP) is 2.24. The second-order valence-corrected chi connectivity index (χ2v) is 7.13. The highest BCUT2D eigenvalue weighted by atomic mass is 32.1. The number of aromatic nitrogens is 2. The van der Waals surface area contributed by atoms with E-state index in [2.05, 4.69) is 20.2 Å². The molecule has 1 amide bonds. The van der Waals surface area contributed by atoms with Gasteiger partial charge in [0, 0.05) is 31.3 Å². The molecule has 1 aliphatic heterocycles. The molecule has 0 atom stereocenters.